The molecule has 0 bridgehead atoms. The molecule has 106 valence electrons. The quantitative estimate of drug-likeness (QED) is 0.886. The Kier molecular flexibility index (Phi) is 3.87. The first-order valence-corrected chi connectivity index (χ1v) is 6.91. The first kappa shape index (κ1) is 13.2. The van der Waals surface area contributed by atoms with Crippen molar-refractivity contribution in [1.82, 2.24) is 19.9 Å². The molecule has 2 heterocycles. The first-order valence-electron chi connectivity index (χ1n) is 6.91. The Morgan fingerprint density at radius 2 is 1.81 bits per heavy atom. The molecule has 2 aromatic rings. The fourth-order valence-corrected chi connectivity index (χ4v) is 2.37. The molecule has 0 spiro atoms. The molecule has 0 radical (unpaired) electrons. The van der Waals surface area contributed by atoms with Crippen molar-refractivity contribution in [3.63, 3.8) is 0 Å². The van der Waals surface area contributed by atoms with Crippen molar-refractivity contribution in [2.24, 2.45) is 0 Å². The van der Waals surface area contributed by atoms with Gasteiger partial charge in [0.15, 0.2) is 5.69 Å². The zero-order valence-electron chi connectivity index (χ0n) is 11.5. The van der Waals surface area contributed by atoms with Gasteiger partial charge >= 0.3 is 0 Å². The molecule has 0 amide bonds. The zero-order chi connectivity index (χ0) is 14.5. The topological polar surface area (TPSA) is 99.4 Å². The highest BCUT2D eigenvalue weighted by atomic mass is 15.1. The standard InChI is InChI=1S/C14H15N7/c15-6-11-7-17-14(8-16-11)21-13-5-12(18-9-19-13)20-10-3-1-2-4-10/h5,7-10H,1-4H2,(H2,17,18,19,20,21). The molecule has 7 heteroatoms. The Labute approximate surface area is 122 Å². The summed E-state index contributed by atoms with van der Waals surface area (Å²) in [6, 6.07) is 4.28. The lowest BCUT2D eigenvalue weighted by molar-refractivity contribution is 0.750. The number of nitriles is 1. The van der Waals surface area contributed by atoms with Crippen molar-refractivity contribution in [2.45, 2.75) is 31.7 Å². The zero-order valence-corrected chi connectivity index (χ0v) is 11.5. The van der Waals surface area contributed by atoms with Crippen LogP contribution in [0.5, 0.6) is 0 Å². The number of nitrogens with one attached hydrogen (secondary N) is 2. The van der Waals surface area contributed by atoms with E-state index < -0.39 is 0 Å². The van der Waals surface area contributed by atoms with Crippen molar-refractivity contribution in [1.29, 1.82) is 5.26 Å². The van der Waals surface area contributed by atoms with E-state index >= 15 is 0 Å². The van der Waals surface area contributed by atoms with Crippen LogP contribution in [0.25, 0.3) is 0 Å². The molecule has 0 aliphatic heterocycles. The number of aromatic nitrogens is 4. The van der Waals surface area contributed by atoms with Crippen molar-refractivity contribution in [2.75, 3.05) is 10.6 Å². The highest BCUT2D eigenvalue weighted by Gasteiger charge is 2.15. The molecule has 1 fully saturated rings. The Morgan fingerprint density at radius 1 is 1.00 bits per heavy atom. The van der Waals surface area contributed by atoms with E-state index in [1.165, 1.54) is 44.4 Å². The maximum absolute atomic E-state index is 8.69. The third-order valence-electron chi connectivity index (χ3n) is 3.40. The Hall–Kier alpha value is -2.75. The number of rotatable bonds is 4. The fraction of sp³-hybridized carbons (Fsp3) is 0.357. The van der Waals surface area contributed by atoms with Gasteiger partial charge in [0, 0.05) is 12.1 Å². The second-order valence-corrected chi connectivity index (χ2v) is 4.94. The molecule has 0 atom stereocenters. The minimum absolute atomic E-state index is 0.284. The second-order valence-electron chi connectivity index (χ2n) is 4.94. The summed E-state index contributed by atoms with van der Waals surface area (Å²) in [7, 11) is 0. The summed E-state index contributed by atoms with van der Waals surface area (Å²) < 4.78 is 0. The molecule has 3 rings (SSSR count). The lowest BCUT2D eigenvalue weighted by atomic mass is 10.2. The van der Waals surface area contributed by atoms with Gasteiger partial charge in [-0.2, -0.15) is 5.26 Å². The van der Waals surface area contributed by atoms with Crippen LogP contribution in [0, 0.1) is 11.3 Å². The Balaban J connectivity index is 1.68. The molecule has 2 N–H and O–H groups in total. The largest absolute Gasteiger partial charge is 0.367 e. The molecule has 1 saturated carbocycles. The van der Waals surface area contributed by atoms with Crippen LogP contribution in [0.15, 0.2) is 24.8 Å². The fourth-order valence-electron chi connectivity index (χ4n) is 2.37. The third kappa shape index (κ3) is 3.42. The van der Waals surface area contributed by atoms with Crippen LogP contribution in [0.1, 0.15) is 31.4 Å². The molecule has 0 saturated heterocycles. The average Bonchev–Trinajstić information content (AvgIpc) is 3.01. The molecule has 0 aromatic carbocycles. The number of hydrogen-bond donors (Lipinski definition) is 2. The molecule has 1 aliphatic carbocycles. The summed E-state index contributed by atoms with van der Waals surface area (Å²) in [5.41, 5.74) is 0.284. The van der Waals surface area contributed by atoms with Gasteiger partial charge in [-0.15, -0.1) is 0 Å². The van der Waals surface area contributed by atoms with Crippen LogP contribution in [-0.2, 0) is 0 Å². The predicted octanol–water partition coefficient (Wildman–Crippen LogP) is 2.24. The van der Waals surface area contributed by atoms with E-state index in [2.05, 4.69) is 30.6 Å². The third-order valence-corrected chi connectivity index (χ3v) is 3.40. The van der Waals surface area contributed by atoms with Gasteiger partial charge in [-0.05, 0) is 12.8 Å². The maximum Gasteiger partial charge on any atom is 0.158 e. The van der Waals surface area contributed by atoms with Gasteiger partial charge in [0.05, 0.1) is 12.4 Å². The molecule has 1 aliphatic rings. The predicted molar refractivity (Wildman–Crippen MR) is 77.9 cm³/mol. The highest BCUT2D eigenvalue weighted by molar-refractivity contribution is 5.55. The van der Waals surface area contributed by atoms with Crippen molar-refractivity contribution in [3.05, 3.63) is 30.5 Å². The van der Waals surface area contributed by atoms with Crippen molar-refractivity contribution < 1.29 is 0 Å². The van der Waals surface area contributed by atoms with E-state index in [1.54, 1.807) is 0 Å². The molecule has 2 aromatic heterocycles. The van der Waals surface area contributed by atoms with Crippen LogP contribution in [0.4, 0.5) is 17.5 Å². The molecular weight excluding hydrogens is 266 g/mol. The maximum atomic E-state index is 8.69. The minimum Gasteiger partial charge on any atom is -0.367 e. The summed E-state index contributed by atoms with van der Waals surface area (Å²) in [6.45, 7) is 0. The number of anilines is 3. The summed E-state index contributed by atoms with van der Waals surface area (Å²) >= 11 is 0. The summed E-state index contributed by atoms with van der Waals surface area (Å²) in [6.07, 6.45) is 9.35. The van der Waals surface area contributed by atoms with E-state index in [0.29, 0.717) is 17.7 Å². The second kappa shape index (κ2) is 6.13. The lowest BCUT2D eigenvalue weighted by Crippen LogP contribution is -2.15. The van der Waals surface area contributed by atoms with E-state index in [1.807, 2.05) is 12.1 Å². The smallest absolute Gasteiger partial charge is 0.158 e. The van der Waals surface area contributed by atoms with E-state index in [0.717, 1.165) is 5.82 Å². The van der Waals surface area contributed by atoms with Crippen LogP contribution < -0.4 is 10.6 Å². The van der Waals surface area contributed by atoms with Crippen molar-refractivity contribution in [3.8, 4) is 6.07 Å². The molecule has 7 nitrogen and oxygen atoms in total. The SMILES string of the molecule is N#Cc1cnc(Nc2cc(NC3CCCC3)ncn2)cn1. The van der Waals surface area contributed by atoms with Gasteiger partial charge in [-0.3, -0.25) is 0 Å². The highest BCUT2D eigenvalue weighted by Crippen LogP contribution is 2.22. The normalized spacial score (nSPS) is 14.6. The van der Waals surface area contributed by atoms with Gasteiger partial charge in [-0.25, -0.2) is 19.9 Å². The molecular formula is C14H15N7. The number of nitrogens with zero attached hydrogens (tertiary/aromatic N) is 5. The van der Waals surface area contributed by atoms with E-state index in [9.17, 15) is 0 Å². The van der Waals surface area contributed by atoms with Gasteiger partial charge in [0.25, 0.3) is 0 Å². The summed E-state index contributed by atoms with van der Waals surface area (Å²) in [5, 5.41) is 15.1. The van der Waals surface area contributed by atoms with Crippen LogP contribution in [0.3, 0.4) is 0 Å². The minimum atomic E-state index is 0.284. The van der Waals surface area contributed by atoms with Gasteiger partial charge in [0.2, 0.25) is 0 Å². The first-order chi connectivity index (χ1) is 10.3. The van der Waals surface area contributed by atoms with Crippen LogP contribution in [-0.4, -0.2) is 26.0 Å². The molecule has 0 unspecified atom stereocenters. The number of hydrogen-bond acceptors (Lipinski definition) is 7. The van der Waals surface area contributed by atoms with Crippen LogP contribution in [0.2, 0.25) is 0 Å². The summed E-state index contributed by atoms with van der Waals surface area (Å²) in [4.78, 5) is 16.4. The monoisotopic (exact) mass is 281 g/mol. The van der Waals surface area contributed by atoms with Gasteiger partial charge < -0.3 is 10.6 Å². The average molecular weight is 281 g/mol. The lowest BCUT2D eigenvalue weighted by Gasteiger charge is -2.13. The van der Waals surface area contributed by atoms with Gasteiger partial charge in [-0.1, -0.05) is 12.8 Å². The van der Waals surface area contributed by atoms with E-state index in [4.69, 9.17) is 5.26 Å². The summed E-state index contributed by atoms with van der Waals surface area (Å²) in [5.74, 6) is 1.99. The Bertz CT molecular complexity index is 641. The van der Waals surface area contributed by atoms with Crippen LogP contribution >= 0.6 is 0 Å². The van der Waals surface area contributed by atoms with Crippen molar-refractivity contribution >= 4 is 17.5 Å². The molecule has 21 heavy (non-hydrogen) atoms. The Morgan fingerprint density at radius 3 is 2.52 bits per heavy atom. The van der Waals surface area contributed by atoms with Gasteiger partial charge in [0.1, 0.15) is 29.9 Å². The van der Waals surface area contributed by atoms with E-state index in [-0.39, 0.29) is 5.69 Å².